The molecule has 1 atom stereocenters. The van der Waals surface area contributed by atoms with Crippen LogP contribution in [0.5, 0.6) is 0 Å². The van der Waals surface area contributed by atoms with Crippen LogP contribution in [0.4, 0.5) is 0 Å². The highest BCUT2D eigenvalue weighted by Crippen LogP contribution is 2.22. The molecule has 0 spiro atoms. The number of thioether (sulfide) groups is 1. The third-order valence-corrected chi connectivity index (χ3v) is 4.48. The molecule has 1 saturated heterocycles. The van der Waals surface area contributed by atoms with E-state index in [9.17, 15) is 4.79 Å². The molecule has 98 valence electrons. The van der Waals surface area contributed by atoms with Crippen LogP contribution in [-0.4, -0.2) is 30.5 Å². The number of benzene rings is 1. The van der Waals surface area contributed by atoms with Crippen molar-refractivity contribution >= 4 is 17.7 Å². The number of rotatable bonds is 5. The van der Waals surface area contributed by atoms with Gasteiger partial charge in [0.1, 0.15) is 0 Å². The largest absolute Gasteiger partial charge is 0.352 e. The number of hydrogen-bond acceptors (Lipinski definition) is 3. The Kier molecular flexibility index (Phi) is 5.08. The van der Waals surface area contributed by atoms with E-state index in [1.54, 1.807) is 0 Å². The van der Waals surface area contributed by atoms with E-state index in [-0.39, 0.29) is 5.91 Å². The maximum atomic E-state index is 12.1. The number of carbonyl (C=O) groups is 1. The van der Waals surface area contributed by atoms with E-state index >= 15 is 0 Å². The molecule has 0 aromatic heterocycles. The lowest BCUT2D eigenvalue weighted by Gasteiger charge is -2.12. The minimum Gasteiger partial charge on any atom is -0.352 e. The Morgan fingerprint density at radius 2 is 2.28 bits per heavy atom. The topological polar surface area (TPSA) is 55.1 Å². The van der Waals surface area contributed by atoms with Crippen molar-refractivity contribution in [3.8, 4) is 0 Å². The average Bonchev–Trinajstić information content (AvgIpc) is 2.90. The number of amides is 1. The molecule has 4 heteroatoms. The second-order valence-corrected chi connectivity index (χ2v) is 5.79. The van der Waals surface area contributed by atoms with E-state index in [1.165, 1.54) is 17.9 Å². The smallest absolute Gasteiger partial charge is 0.251 e. The van der Waals surface area contributed by atoms with Crippen LogP contribution in [0.2, 0.25) is 0 Å². The lowest BCUT2D eigenvalue weighted by Crippen LogP contribution is -2.30. The zero-order valence-corrected chi connectivity index (χ0v) is 11.3. The van der Waals surface area contributed by atoms with Crippen molar-refractivity contribution in [2.75, 3.05) is 24.6 Å². The third kappa shape index (κ3) is 3.50. The fourth-order valence-corrected chi connectivity index (χ4v) is 3.48. The number of carbonyl (C=O) groups excluding carboxylic acids is 1. The van der Waals surface area contributed by atoms with Gasteiger partial charge in [0.05, 0.1) is 0 Å². The molecular weight excluding hydrogens is 244 g/mol. The normalized spacial score (nSPS) is 18.8. The molecule has 0 radical (unpaired) electrons. The van der Waals surface area contributed by atoms with Gasteiger partial charge in [-0.25, -0.2) is 0 Å². The van der Waals surface area contributed by atoms with Crippen LogP contribution in [0.25, 0.3) is 0 Å². The molecule has 1 heterocycles. The number of nitrogens with one attached hydrogen (secondary N) is 1. The maximum absolute atomic E-state index is 12.1. The first-order valence-electron chi connectivity index (χ1n) is 6.45. The SMILES string of the molecule is NCCc1ccccc1C(=O)NCC1CCSC1. The Bertz CT molecular complexity index is 403. The van der Waals surface area contributed by atoms with E-state index in [0.29, 0.717) is 12.5 Å². The summed E-state index contributed by atoms with van der Waals surface area (Å²) in [5.74, 6) is 3.08. The zero-order chi connectivity index (χ0) is 12.8. The van der Waals surface area contributed by atoms with Gasteiger partial charge in [-0.1, -0.05) is 18.2 Å². The summed E-state index contributed by atoms with van der Waals surface area (Å²) in [6, 6.07) is 7.71. The van der Waals surface area contributed by atoms with Crippen LogP contribution in [-0.2, 0) is 6.42 Å². The fraction of sp³-hybridized carbons (Fsp3) is 0.500. The minimum atomic E-state index is 0.0379. The number of nitrogens with two attached hydrogens (primary N) is 1. The van der Waals surface area contributed by atoms with Gasteiger partial charge in [0.25, 0.3) is 5.91 Å². The first-order chi connectivity index (χ1) is 8.81. The maximum Gasteiger partial charge on any atom is 0.251 e. The lowest BCUT2D eigenvalue weighted by molar-refractivity contribution is 0.0947. The van der Waals surface area contributed by atoms with Crippen molar-refractivity contribution in [1.29, 1.82) is 0 Å². The predicted molar refractivity (Wildman–Crippen MR) is 77.0 cm³/mol. The Hall–Kier alpha value is -1.00. The van der Waals surface area contributed by atoms with Crippen LogP contribution < -0.4 is 11.1 Å². The molecule has 1 aromatic rings. The van der Waals surface area contributed by atoms with Gasteiger partial charge in [-0.05, 0) is 48.4 Å². The molecule has 18 heavy (non-hydrogen) atoms. The van der Waals surface area contributed by atoms with Crippen molar-refractivity contribution in [3.05, 3.63) is 35.4 Å². The predicted octanol–water partition coefficient (Wildman–Crippen LogP) is 1.67. The summed E-state index contributed by atoms with van der Waals surface area (Å²) in [7, 11) is 0. The third-order valence-electron chi connectivity index (χ3n) is 3.25. The molecule has 0 aliphatic carbocycles. The summed E-state index contributed by atoms with van der Waals surface area (Å²) in [6.07, 6.45) is 1.97. The highest BCUT2D eigenvalue weighted by molar-refractivity contribution is 7.99. The molecule has 3 nitrogen and oxygen atoms in total. The lowest BCUT2D eigenvalue weighted by atomic mass is 10.0. The monoisotopic (exact) mass is 264 g/mol. The van der Waals surface area contributed by atoms with E-state index < -0.39 is 0 Å². The van der Waals surface area contributed by atoms with Crippen LogP contribution in [0.3, 0.4) is 0 Å². The summed E-state index contributed by atoms with van der Waals surface area (Å²) >= 11 is 1.97. The van der Waals surface area contributed by atoms with Gasteiger partial charge in [-0.2, -0.15) is 11.8 Å². The van der Waals surface area contributed by atoms with Gasteiger partial charge in [0.15, 0.2) is 0 Å². The van der Waals surface area contributed by atoms with Crippen LogP contribution in [0.15, 0.2) is 24.3 Å². The van der Waals surface area contributed by atoms with E-state index in [0.717, 1.165) is 24.1 Å². The summed E-state index contributed by atoms with van der Waals surface area (Å²) in [5, 5.41) is 3.05. The van der Waals surface area contributed by atoms with E-state index in [4.69, 9.17) is 5.73 Å². The molecular formula is C14H20N2OS. The molecule has 1 unspecified atom stereocenters. The van der Waals surface area contributed by atoms with Crippen molar-refractivity contribution in [3.63, 3.8) is 0 Å². The van der Waals surface area contributed by atoms with Crippen molar-refractivity contribution in [2.45, 2.75) is 12.8 Å². The summed E-state index contributed by atoms with van der Waals surface area (Å²) in [4.78, 5) is 12.1. The molecule has 1 amide bonds. The van der Waals surface area contributed by atoms with Crippen LogP contribution >= 0.6 is 11.8 Å². The van der Waals surface area contributed by atoms with E-state index in [2.05, 4.69) is 5.32 Å². The van der Waals surface area contributed by atoms with Gasteiger partial charge < -0.3 is 11.1 Å². The van der Waals surface area contributed by atoms with Gasteiger partial charge >= 0.3 is 0 Å². The molecule has 1 aromatic carbocycles. The van der Waals surface area contributed by atoms with E-state index in [1.807, 2.05) is 36.0 Å². The highest BCUT2D eigenvalue weighted by atomic mass is 32.2. The summed E-state index contributed by atoms with van der Waals surface area (Å²) < 4.78 is 0. The quantitative estimate of drug-likeness (QED) is 0.850. The minimum absolute atomic E-state index is 0.0379. The molecule has 1 aliphatic rings. The van der Waals surface area contributed by atoms with Gasteiger partial charge in [0, 0.05) is 12.1 Å². The highest BCUT2D eigenvalue weighted by Gasteiger charge is 2.17. The zero-order valence-electron chi connectivity index (χ0n) is 10.5. The Morgan fingerprint density at radius 1 is 1.44 bits per heavy atom. The number of hydrogen-bond donors (Lipinski definition) is 2. The standard InChI is InChI=1S/C14H20N2OS/c15-7-5-12-3-1-2-4-13(12)14(17)16-9-11-6-8-18-10-11/h1-4,11H,5-10,15H2,(H,16,17). The molecule has 2 rings (SSSR count). The Balaban J connectivity index is 1.94. The summed E-state index contributed by atoms with van der Waals surface area (Å²) in [6.45, 7) is 1.37. The van der Waals surface area contributed by atoms with Gasteiger partial charge in [-0.3, -0.25) is 4.79 Å². The van der Waals surface area contributed by atoms with Crippen molar-refractivity contribution < 1.29 is 4.79 Å². The first kappa shape index (κ1) is 13.4. The van der Waals surface area contributed by atoms with Crippen molar-refractivity contribution in [2.24, 2.45) is 11.7 Å². The second kappa shape index (κ2) is 6.81. The Morgan fingerprint density at radius 3 is 3.00 bits per heavy atom. The van der Waals surface area contributed by atoms with Gasteiger partial charge in [-0.15, -0.1) is 0 Å². The van der Waals surface area contributed by atoms with Crippen LogP contribution in [0.1, 0.15) is 22.3 Å². The molecule has 3 N–H and O–H groups in total. The van der Waals surface area contributed by atoms with Crippen LogP contribution in [0, 0.1) is 5.92 Å². The first-order valence-corrected chi connectivity index (χ1v) is 7.60. The summed E-state index contributed by atoms with van der Waals surface area (Å²) in [5.41, 5.74) is 7.38. The second-order valence-electron chi connectivity index (χ2n) is 4.64. The molecule has 1 aliphatic heterocycles. The molecule has 1 fully saturated rings. The molecule has 0 saturated carbocycles. The van der Waals surface area contributed by atoms with Crippen molar-refractivity contribution in [1.82, 2.24) is 5.32 Å². The average molecular weight is 264 g/mol. The molecule has 0 bridgehead atoms. The fourth-order valence-electron chi connectivity index (χ4n) is 2.19. The Labute approximate surface area is 113 Å². The van der Waals surface area contributed by atoms with Gasteiger partial charge in [0.2, 0.25) is 0 Å².